The number of ketones is 1. The minimum atomic E-state index is -0.958. The summed E-state index contributed by atoms with van der Waals surface area (Å²) in [5, 5.41) is 9.22. The molecule has 0 aliphatic heterocycles. The van der Waals surface area contributed by atoms with Gasteiger partial charge in [0.1, 0.15) is 17.2 Å². The Labute approximate surface area is 152 Å². The van der Waals surface area contributed by atoms with E-state index in [2.05, 4.69) is 0 Å². The van der Waals surface area contributed by atoms with Gasteiger partial charge in [-0.1, -0.05) is 12.1 Å². The molecule has 2 rings (SSSR count). The Morgan fingerprint density at radius 3 is 2.04 bits per heavy atom. The second-order valence-electron chi connectivity index (χ2n) is 5.76. The maximum atomic E-state index is 12.8. The number of carbonyl (C=O) groups is 2. The molecule has 0 saturated heterocycles. The molecule has 138 valence electrons. The molecule has 1 atom stereocenters. The topological polar surface area (TPSA) is 82.1 Å². The Morgan fingerprint density at radius 2 is 1.50 bits per heavy atom. The fourth-order valence-electron chi connectivity index (χ4n) is 2.76. The number of carboxylic acids is 1. The highest BCUT2D eigenvalue weighted by Gasteiger charge is 2.22. The molecule has 2 aromatic carbocycles. The first-order chi connectivity index (χ1) is 12.5. The number of carboxylic acid groups (broad SMARTS) is 1. The summed E-state index contributed by atoms with van der Waals surface area (Å²) in [6.07, 6.45) is -0.0855. The molecule has 1 unspecified atom stereocenters. The number of hydrogen-bond acceptors (Lipinski definition) is 5. The molecular weight excluding hydrogens is 336 g/mol. The van der Waals surface area contributed by atoms with Crippen LogP contribution in [0.15, 0.2) is 42.5 Å². The summed E-state index contributed by atoms with van der Waals surface area (Å²) in [5.74, 6) is 0.0596. The molecule has 0 radical (unpaired) electrons. The van der Waals surface area contributed by atoms with E-state index >= 15 is 0 Å². The lowest BCUT2D eigenvalue weighted by Crippen LogP contribution is -2.13. The normalized spacial score (nSPS) is 11.5. The number of benzene rings is 2. The van der Waals surface area contributed by atoms with Gasteiger partial charge >= 0.3 is 5.97 Å². The summed E-state index contributed by atoms with van der Waals surface area (Å²) in [6.45, 7) is 0. The van der Waals surface area contributed by atoms with Crippen LogP contribution in [0.2, 0.25) is 0 Å². The standard InChI is InChI=1S/C20H22O6/c1-24-15-6-4-13(5-7-15)14(11-20(22)23)10-18(21)17-9-8-16(25-2)12-19(17)26-3/h4-9,12,14H,10-11H2,1-3H3,(H,22,23). The van der Waals surface area contributed by atoms with Crippen LogP contribution in [-0.4, -0.2) is 38.2 Å². The van der Waals surface area contributed by atoms with Crippen molar-refractivity contribution in [1.29, 1.82) is 0 Å². The monoisotopic (exact) mass is 358 g/mol. The molecule has 0 heterocycles. The van der Waals surface area contributed by atoms with Gasteiger partial charge in [-0.05, 0) is 29.8 Å². The second-order valence-corrected chi connectivity index (χ2v) is 5.76. The summed E-state index contributed by atoms with van der Waals surface area (Å²) in [7, 11) is 4.57. The van der Waals surface area contributed by atoms with Gasteiger partial charge in [-0.15, -0.1) is 0 Å². The van der Waals surface area contributed by atoms with Gasteiger partial charge in [0.25, 0.3) is 0 Å². The summed E-state index contributed by atoms with van der Waals surface area (Å²) in [4.78, 5) is 24.0. The lowest BCUT2D eigenvalue weighted by molar-refractivity contribution is -0.137. The highest BCUT2D eigenvalue weighted by Crippen LogP contribution is 2.31. The van der Waals surface area contributed by atoms with Crippen LogP contribution in [0.4, 0.5) is 0 Å². The predicted molar refractivity (Wildman–Crippen MR) is 96.5 cm³/mol. The van der Waals surface area contributed by atoms with Crippen LogP contribution in [0.5, 0.6) is 17.2 Å². The average molecular weight is 358 g/mol. The Bertz CT molecular complexity index is 766. The fourth-order valence-corrected chi connectivity index (χ4v) is 2.76. The predicted octanol–water partition coefficient (Wildman–Crippen LogP) is 3.54. The molecule has 0 aliphatic carbocycles. The van der Waals surface area contributed by atoms with Crippen molar-refractivity contribution in [3.63, 3.8) is 0 Å². The van der Waals surface area contributed by atoms with Crippen molar-refractivity contribution in [3.8, 4) is 17.2 Å². The number of methoxy groups -OCH3 is 3. The molecular formula is C20H22O6. The molecule has 0 amide bonds. The third kappa shape index (κ3) is 4.75. The number of Topliss-reactive ketones (excluding diaryl/α,β-unsaturated/α-hetero) is 1. The first-order valence-electron chi connectivity index (χ1n) is 8.09. The van der Waals surface area contributed by atoms with Gasteiger partial charge in [0, 0.05) is 18.4 Å². The van der Waals surface area contributed by atoms with E-state index in [0.717, 1.165) is 5.56 Å². The Kier molecular flexibility index (Phi) is 6.60. The number of ether oxygens (including phenoxy) is 3. The molecule has 26 heavy (non-hydrogen) atoms. The largest absolute Gasteiger partial charge is 0.497 e. The summed E-state index contributed by atoms with van der Waals surface area (Å²) in [6, 6.07) is 12.0. The van der Waals surface area contributed by atoms with Crippen molar-refractivity contribution in [2.24, 2.45) is 0 Å². The molecule has 0 aliphatic rings. The second kappa shape index (κ2) is 8.89. The molecule has 1 N–H and O–H groups in total. The van der Waals surface area contributed by atoms with Crippen LogP contribution in [-0.2, 0) is 4.79 Å². The third-order valence-electron chi connectivity index (χ3n) is 4.15. The number of hydrogen-bond donors (Lipinski definition) is 1. The van der Waals surface area contributed by atoms with Crippen LogP contribution in [0.1, 0.15) is 34.7 Å². The number of rotatable bonds is 9. The quantitative estimate of drug-likeness (QED) is 0.691. The van der Waals surface area contributed by atoms with Gasteiger partial charge in [-0.3, -0.25) is 9.59 Å². The Hall–Kier alpha value is -3.02. The molecule has 0 saturated carbocycles. The molecule has 2 aromatic rings. The van der Waals surface area contributed by atoms with Crippen molar-refractivity contribution in [2.75, 3.05) is 21.3 Å². The highest BCUT2D eigenvalue weighted by molar-refractivity contribution is 5.99. The van der Waals surface area contributed by atoms with Crippen LogP contribution < -0.4 is 14.2 Å². The zero-order valence-corrected chi connectivity index (χ0v) is 15.0. The van der Waals surface area contributed by atoms with E-state index in [0.29, 0.717) is 22.8 Å². The van der Waals surface area contributed by atoms with Crippen LogP contribution >= 0.6 is 0 Å². The van der Waals surface area contributed by atoms with E-state index in [-0.39, 0.29) is 18.6 Å². The van der Waals surface area contributed by atoms with Crippen molar-refractivity contribution in [1.82, 2.24) is 0 Å². The van der Waals surface area contributed by atoms with Crippen LogP contribution in [0, 0.1) is 0 Å². The van der Waals surface area contributed by atoms with Crippen molar-refractivity contribution < 1.29 is 28.9 Å². The Balaban J connectivity index is 2.27. The fraction of sp³-hybridized carbons (Fsp3) is 0.300. The lowest BCUT2D eigenvalue weighted by atomic mass is 9.88. The molecule has 6 nitrogen and oxygen atoms in total. The van der Waals surface area contributed by atoms with Gasteiger partial charge in [-0.25, -0.2) is 0 Å². The summed E-state index contributed by atoms with van der Waals surface area (Å²) >= 11 is 0. The third-order valence-corrected chi connectivity index (χ3v) is 4.15. The van der Waals surface area contributed by atoms with E-state index in [1.165, 1.54) is 14.2 Å². The summed E-state index contributed by atoms with van der Waals surface area (Å²) < 4.78 is 15.5. The number of aliphatic carboxylic acids is 1. The number of carbonyl (C=O) groups excluding carboxylic acids is 1. The van der Waals surface area contributed by atoms with E-state index in [4.69, 9.17) is 14.2 Å². The smallest absolute Gasteiger partial charge is 0.303 e. The van der Waals surface area contributed by atoms with Crippen molar-refractivity contribution >= 4 is 11.8 Å². The molecule has 0 spiro atoms. The first kappa shape index (κ1) is 19.3. The van der Waals surface area contributed by atoms with Gasteiger partial charge in [0.05, 0.1) is 33.3 Å². The Morgan fingerprint density at radius 1 is 0.885 bits per heavy atom. The van der Waals surface area contributed by atoms with Crippen LogP contribution in [0.25, 0.3) is 0 Å². The maximum Gasteiger partial charge on any atom is 0.303 e. The minimum absolute atomic E-state index is 0.0569. The molecule has 0 fully saturated rings. The van der Waals surface area contributed by atoms with E-state index in [1.54, 1.807) is 49.6 Å². The molecule has 6 heteroatoms. The van der Waals surface area contributed by atoms with E-state index in [9.17, 15) is 14.7 Å². The van der Waals surface area contributed by atoms with Crippen LogP contribution in [0.3, 0.4) is 0 Å². The van der Waals surface area contributed by atoms with Gasteiger partial charge in [-0.2, -0.15) is 0 Å². The van der Waals surface area contributed by atoms with E-state index in [1.807, 2.05) is 0 Å². The van der Waals surface area contributed by atoms with Gasteiger partial charge < -0.3 is 19.3 Å². The van der Waals surface area contributed by atoms with Gasteiger partial charge in [0.2, 0.25) is 0 Å². The summed E-state index contributed by atoms with van der Waals surface area (Å²) in [5.41, 5.74) is 1.17. The average Bonchev–Trinajstić information content (AvgIpc) is 2.66. The van der Waals surface area contributed by atoms with Crippen molar-refractivity contribution in [3.05, 3.63) is 53.6 Å². The molecule has 0 aromatic heterocycles. The van der Waals surface area contributed by atoms with Gasteiger partial charge in [0.15, 0.2) is 5.78 Å². The lowest BCUT2D eigenvalue weighted by Gasteiger charge is -2.16. The SMILES string of the molecule is COc1ccc(C(CC(=O)O)CC(=O)c2ccc(OC)cc2OC)cc1. The molecule has 0 bridgehead atoms. The zero-order chi connectivity index (χ0) is 19.1. The van der Waals surface area contributed by atoms with E-state index < -0.39 is 11.9 Å². The zero-order valence-electron chi connectivity index (χ0n) is 15.0. The first-order valence-corrected chi connectivity index (χ1v) is 8.09. The maximum absolute atomic E-state index is 12.8. The highest BCUT2D eigenvalue weighted by atomic mass is 16.5. The minimum Gasteiger partial charge on any atom is -0.497 e. The van der Waals surface area contributed by atoms with Crippen molar-refractivity contribution in [2.45, 2.75) is 18.8 Å².